The number of hydrogen-bond donors (Lipinski definition) is 1. The molecular formula is C13H15N3O5. The molecule has 2 rings (SSSR count). The van der Waals surface area contributed by atoms with Gasteiger partial charge < -0.3 is 15.3 Å². The van der Waals surface area contributed by atoms with Gasteiger partial charge >= 0.3 is 5.97 Å². The van der Waals surface area contributed by atoms with E-state index < -0.39 is 17.9 Å². The number of nitrogens with one attached hydrogen (secondary N) is 1. The molecule has 1 N–H and O–H groups in total. The highest BCUT2D eigenvalue weighted by Gasteiger charge is 2.25. The first-order valence-corrected chi connectivity index (χ1v) is 6.32. The lowest BCUT2D eigenvalue weighted by Crippen LogP contribution is -2.45. The van der Waals surface area contributed by atoms with Crippen molar-refractivity contribution < 1.29 is 23.9 Å². The first-order chi connectivity index (χ1) is 9.93. The van der Waals surface area contributed by atoms with Crippen LogP contribution in [0.5, 0.6) is 0 Å². The number of hydrogen-bond acceptors (Lipinski definition) is 6. The lowest BCUT2D eigenvalue weighted by Gasteiger charge is -2.19. The summed E-state index contributed by atoms with van der Waals surface area (Å²) in [6.45, 7) is 3.58. The number of carbonyl (C=O) groups is 2. The highest BCUT2D eigenvalue weighted by Crippen LogP contribution is 2.12. The fraction of sp³-hybridized carbons (Fsp3) is 0.385. The van der Waals surface area contributed by atoms with Crippen LogP contribution in [0.3, 0.4) is 0 Å². The summed E-state index contributed by atoms with van der Waals surface area (Å²) in [5.41, 5.74) is 0.710. The van der Waals surface area contributed by atoms with Gasteiger partial charge in [0.1, 0.15) is 6.04 Å². The predicted octanol–water partition coefficient (Wildman–Crippen LogP) is 0.389. The molecule has 0 aliphatic carbocycles. The zero-order chi connectivity index (χ0) is 15.6. The quantitative estimate of drug-likeness (QED) is 0.645. The molecule has 8 heteroatoms. The first kappa shape index (κ1) is 14.8. The molecule has 1 heterocycles. The molecule has 0 unspecified atom stereocenters. The minimum absolute atomic E-state index is 0.134. The zero-order valence-corrected chi connectivity index (χ0v) is 11.8. The van der Waals surface area contributed by atoms with Gasteiger partial charge in [0, 0.05) is 16.8 Å². The summed E-state index contributed by atoms with van der Waals surface area (Å²) in [5.74, 6) is -1.14. The lowest BCUT2D eigenvalue weighted by molar-refractivity contribution is -0.782. The Morgan fingerprint density at radius 1 is 1.43 bits per heavy atom. The van der Waals surface area contributed by atoms with Crippen LogP contribution >= 0.6 is 0 Å². The molecule has 0 saturated heterocycles. The largest absolute Gasteiger partial charge is 0.467 e. The predicted molar refractivity (Wildman–Crippen MR) is 71.1 cm³/mol. The number of ether oxygens (including phenoxy) is 1. The van der Waals surface area contributed by atoms with Crippen LogP contribution in [0.15, 0.2) is 22.8 Å². The maximum Gasteiger partial charge on any atom is 0.328 e. The van der Waals surface area contributed by atoms with E-state index in [4.69, 9.17) is 0 Å². The molecule has 0 fully saturated rings. The summed E-state index contributed by atoms with van der Waals surface area (Å²) >= 11 is 0. The van der Waals surface area contributed by atoms with Crippen LogP contribution in [0.1, 0.15) is 24.2 Å². The Morgan fingerprint density at radius 3 is 2.76 bits per heavy atom. The third kappa shape index (κ3) is 2.93. The van der Waals surface area contributed by atoms with Crippen molar-refractivity contribution in [1.29, 1.82) is 0 Å². The van der Waals surface area contributed by atoms with Gasteiger partial charge in [-0.25, -0.2) is 4.79 Å². The second-order valence-corrected chi connectivity index (χ2v) is 4.85. The number of aromatic nitrogens is 2. The van der Waals surface area contributed by atoms with Gasteiger partial charge in [-0.05, 0) is 23.0 Å². The van der Waals surface area contributed by atoms with E-state index >= 15 is 0 Å². The molecule has 0 aliphatic heterocycles. The Morgan fingerprint density at radius 2 is 2.14 bits per heavy atom. The normalized spacial score (nSPS) is 12.4. The summed E-state index contributed by atoms with van der Waals surface area (Å²) in [7, 11) is 1.26. The first-order valence-electron chi connectivity index (χ1n) is 6.32. The van der Waals surface area contributed by atoms with Crippen molar-refractivity contribution in [2.75, 3.05) is 7.11 Å². The molecule has 0 radical (unpaired) electrons. The maximum absolute atomic E-state index is 12.2. The minimum Gasteiger partial charge on any atom is -0.467 e. The summed E-state index contributed by atoms with van der Waals surface area (Å²) in [5, 5.41) is 17.4. The third-order valence-electron chi connectivity index (χ3n) is 3.06. The number of fused-ring (bicyclic) bond motifs is 1. The summed E-state index contributed by atoms with van der Waals surface area (Å²) in [6.07, 6.45) is 0. The molecule has 0 aliphatic rings. The smallest absolute Gasteiger partial charge is 0.328 e. The molecule has 21 heavy (non-hydrogen) atoms. The number of benzene rings is 1. The summed E-state index contributed by atoms with van der Waals surface area (Å²) in [4.78, 5) is 24.0. The SMILES string of the molecule is COC(=O)[C@@H](NC(=O)c1ccc2no[n+]([O-])c2c1)C(C)C. The van der Waals surface area contributed by atoms with E-state index in [0.29, 0.717) is 5.52 Å². The third-order valence-corrected chi connectivity index (χ3v) is 3.06. The number of rotatable bonds is 4. The van der Waals surface area contributed by atoms with E-state index in [2.05, 4.69) is 19.8 Å². The fourth-order valence-corrected chi connectivity index (χ4v) is 1.86. The van der Waals surface area contributed by atoms with Crippen molar-refractivity contribution in [3.8, 4) is 0 Å². The van der Waals surface area contributed by atoms with Crippen molar-refractivity contribution in [2.45, 2.75) is 19.9 Å². The van der Waals surface area contributed by atoms with Crippen molar-refractivity contribution in [2.24, 2.45) is 5.92 Å². The van der Waals surface area contributed by atoms with Crippen molar-refractivity contribution in [3.63, 3.8) is 0 Å². The van der Waals surface area contributed by atoms with Gasteiger partial charge in [-0.1, -0.05) is 13.8 Å². The van der Waals surface area contributed by atoms with Crippen LogP contribution in [0, 0.1) is 11.1 Å². The maximum atomic E-state index is 12.2. The summed E-state index contributed by atoms with van der Waals surface area (Å²) < 4.78 is 9.08. The van der Waals surface area contributed by atoms with Crippen molar-refractivity contribution in [3.05, 3.63) is 29.0 Å². The standard InChI is InChI=1S/C13H15N3O5/c1-7(2)11(13(18)20-3)14-12(17)8-4-5-9-10(6-8)16(19)21-15-9/h4-7,11H,1-3H3,(H,14,17)/t11-/m0/s1. The molecule has 1 atom stereocenters. The van der Waals surface area contributed by atoms with E-state index in [1.807, 2.05) is 0 Å². The molecule has 0 spiro atoms. The van der Waals surface area contributed by atoms with Gasteiger partial charge in [0.25, 0.3) is 5.91 Å². The lowest BCUT2D eigenvalue weighted by atomic mass is 10.0. The van der Waals surface area contributed by atoms with E-state index in [1.165, 1.54) is 25.3 Å². The Bertz CT molecular complexity index is 679. The molecule has 2 aromatic rings. The molecule has 112 valence electrons. The van der Waals surface area contributed by atoms with Crippen LogP contribution in [0.25, 0.3) is 11.0 Å². The van der Waals surface area contributed by atoms with E-state index in [0.717, 1.165) is 0 Å². The molecular weight excluding hydrogens is 278 g/mol. The van der Waals surface area contributed by atoms with Gasteiger partial charge in [-0.2, -0.15) is 0 Å². The Balaban J connectivity index is 2.24. The number of amides is 1. The Labute approximate surface area is 120 Å². The molecule has 1 amide bonds. The molecule has 0 bridgehead atoms. The highest BCUT2D eigenvalue weighted by molar-refractivity contribution is 5.98. The number of esters is 1. The van der Waals surface area contributed by atoms with Crippen LogP contribution in [-0.4, -0.2) is 30.2 Å². The van der Waals surface area contributed by atoms with Crippen molar-refractivity contribution >= 4 is 22.9 Å². The average Bonchev–Trinajstić information content (AvgIpc) is 2.84. The van der Waals surface area contributed by atoms with Gasteiger partial charge in [-0.15, -0.1) is 0 Å². The van der Waals surface area contributed by atoms with Gasteiger partial charge in [0.15, 0.2) is 0 Å². The van der Waals surface area contributed by atoms with Gasteiger partial charge in [0.05, 0.1) is 7.11 Å². The Kier molecular flexibility index (Phi) is 4.06. The average molecular weight is 293 g/mol. The van der Waals surface area contributed by atoms with Crippen LogP contribution < -0.4 is 10.2 Å². The van der Waals surface area contributed by atoms with Gasteiger partial charge in [-0.3, -0.25) is 9.42 Å². The zero-order valence-electron chi connectivity index (χ0n) is 11.8. The van der Waals surface area contributed by atoms with E-state index in [9.17, 15) is 14.8 Å². The number of nitrogens with zero attached hydrogens (tertiary/aromatic N) is 2. The molecule has 8 nitrogen and oxygen atoms in total. The topological polar surface area (TPSA) is 108 Å². The van der Waals surface area contributed by atoms with E-state index in [1.54, 1.807) is 13.8 Å². The monoisotopic (exact) mass is 293 g/mol. The second-order valence-electron chi connectivity index (χ2n) is 4.85. The summed E-state index contributed by atoms with van der Waals surface area (Å²) in [6, 6.07) is 3.57. The highest BCUT2D eigenvalue weighted by atomic mass is 16.8. The second kappa shape index (κ2) is 5.78. The molecule has 1 aromatic carbocycles. The molecule has 1 aromatic heterocycles. The van der Waals surface area contributed by atoms with Gasteiger partial charge in [0.2, 0.25) is 11.0 Å². The van der Waals surface area contributed by atoms with Crippen LogP contribution in [-0.2, 0) is 9.53 Å². The Hall–Kier alpha value is -2.64. The number of carbonyl (C=O) groups excluding carboxylic acids is 2. The fourth-order valence-electron chi connectivity index (χ4n) is 1.86. The van der Waals surface area contributed by atoms with Crippen LogP contribution in [0.2, 0.25) is 0 Å². The number of methoxy groups -OCH3 is 1. The van der Waals surface area contributed by atoms with Crippen molar-refractivity contribution in [1.82, 2.24) is 10.5 Å². The van der Waals surface area contributed by atoms with E-state index in [-0.39, 0.29) is 21.9 Å². The minimum atomic E-state index is -0.764. The molecule has 0 saturated carbocycles. The van der Waals surface area contributed by atoms with Crippen LogP contribution in [0.4, 0.5) is 0 Å².